The van der Waals surface area contributed by atoms with Crippen molar-refractivity contribution >= 4 is 54.0 Å². The van der Waals surface area contributed by atoms with E-state index in [1.54, 1.807) is 0 Å². The van der Waals surface area contributed by atoms with Gasteiger partial charge in [-0.3, -0.25) is 0 Å². The van der Waals surface area contributed by atoms with Crippen molar-refractivity contribution in [3.8, 4) is 0 Å². The molecule has 12 atom stereocenters. The monoisotopic (exact) mass is 889 g/mol. The number of rotatable bonds is 4. The van der Waals surface area contributed by atoms with Gasteiger partial charge >= 0.3 is 0 Å². The molecule has 4 aliphatic carbocycles. The lowest BCUT2D eigenvalue weighted by atomic mass is 9.75. The Labute approximate surface area is 387 Å². The summed E-state index contributed by atoms with van der Waals surface area (Å²) in [5.41, 5.74) is 0. The molecule has 0 aromatic carbocycles. The minimum absolute atomic E-state index is 0. The highest BCUT2D eigenvalue weighted by Gasteiger charge is 2.31. The van der Waals surface area contributed by atoms with Crippen molar-refractivity contribution in [1.82, 2.24) is 0 Å². The summed E-state index contributed by atoms with van der Waals surface area (Å²) in [7, 11) is 0. The van der Waals surface area contributed by atoms with E-state index in [-0.39, 0.29) is 138 Å². The molecule has 4 nitrogen and oxygen atoms in total. The number of aliphatic hydroxyl groups excluding tert-OH is 4. The van der Waals surface area contributed by atoms with Crippen LogP contribution in [0.2, 0.25) is 0 Å². The summed E-state index contributed by atoms with van der Waals surface area (Å²) < 4.78 is 0. The molecule has 0 heterocycles. The first-order chi connectivity index (χ1) is 20.4. The second kappa shape index (κ2) is 45.8. The molecule has 0 aliphatic heterocycles. The van der Waals surface area contributed by atoms with Crippen molar-refractivity contribution in [3.05, 3.63) is 0 Å². The fourth-order valence-corrected chi connectivity index (χ4v) is 8.61. The van der Waals surface area contributed by atoms with E-state index in [9.17, 15) is 20.4 Å². The maximum Gasteiger partial charge on any atom is 0.0573 e. The van der Waals surface area contributed by atoms with Crippen molar-refractivity contribution < 1.29 is 20.4 Å². The highest BCUT2D eigenvalue weighted by Crippen LogP contribution is 2.35. The number of hydrogen-bond acceptors (Lipinski definition) is 4. The Bertz CT molecular complexity index is 622. The van der Waals surface area contributed by atoms with Crippen molar-refractivity contribution in [2.45, 2.75) is 244 Å². The average Bonchev–Trinajstić information content (AvgIpc) is 2.89. The second-order valence-electron chi connectivity index (χ2n) is 17.6. The lowest BCUT2D eigenvalue weighted by Crippen LogP contribution is -2.31. The van der Waals surface area contributed by atoms with E-state index < -0.39 is 0 Å². The van der Waals surface area contributed by atoms with E-state index in [1.165, 1.54) is 51.4 Å². The third-order valence-electron chi connectivity index (χ3n) is 11.9. The summed E-state index contributed by atoms with van der Waals surface area (Å²) in [6, 6.07) is 0. The molecule has 0 amide bonds. The zero-order valence-corrected chi connectivity index (χ0v) is 37.5. The minimum atomic E-state index is -0.0289. The molecule has 0 aromatic rings. The van der Waals surface area contributed by atoms with Crippen LogP contribution < -0.4 is 0 Å². The highest BCUT2D eigenvalue weighted by atomic mass is 32.1. The largest absolute Gasteiger partial charge is 0.393 e. The van der Waals surface area contributed by atoms with Crippen LogP contribution in [0.3, 0.4) is 0 Å². The van der Waals surface area contributed by atoms with Crippen LogP contribution in [0.4, 0.5) is 0 Å². The van der Waals surface area contributed by atoms with Crippen LogP contribution in [0.5, 0.6) is 0 Å². The molecule has 4 aliphatic rings. The molecule has 0 unspecified atom stereocenters. The SMILES string of the molecule is C.C.C.C.C.C.C.C.CC(C)[C@@H]1CC[C@@H](C)C[C@@H]1O.CC(C)[C@@H]1CC[C@@H](C)C[C@H]1O.CC(C)[C@H]1CC[C@@H](C)C[C@@H]1O.CC(C)[C@H]1CC[C@@H](C)C[C@H]1O.S.S.S.S. The smallest absolute Gasteiger partial charge is 0.0573 e. The Balaban J connectivity index is -0.0000000430. The van der Waals surface area contributed by atoms with Crippen molar-refractivity contribution in [2.24, 2.45) is 71.0 Å². The molecule has 56 heavy (non-hydrogen) atoms. The standard InChI is InChI=1S/4C10H20O.8CH4.4H2S/c4*1-7(2)9-5-4-8(3)6-10(9)11;;;;;;;;;;;;/h4*7-11H,4-6H2,1-3H3;8*1H4;4*1H2/t8-,9+,10+;8-,9+,10-;8-,9-,10+;8-,9-,10-;;;;;;;;;;;;/m1111............/s1. The third-order valence-corrected chi connectivity index (χ3v) is 11.9. The maximum atomic E-state index is 9.71. The van der Waals surface area contributed by atoms with Crippen LogP contribution in [0.15, 0.2) is 0 Å². The number of hydrogen-bond donors (Lipinski definition) is 4. The van der Waals surface area contributed by atoms with Crippen molar-refractivity contribution in [2.75, 3.05) is 0 Å². The quantitative estimate of drug-likeness (QED) is 0.227. The fourth-order valence-electron chi connectivity index (χ4n) is 8.61. The van der Waals surface area contributed by atoms with E-state index >= 15 is 0 Å². The molecule has 0 aromatic heterocycles. The number of aliphatic hydroxyl groups is 4. The molecular formula is C48H120O4S4. The first kappa shape index (κ1) is 88.5. The van der Waals surface area contributed by atoms with Crippen LogP contribution in [-0.4, -0.2) is 44.8 Å². The van der Waals surface area contributed by atoms with Gasteiger partial charge in [0.25, 0.3) is 0 Å². The van der Waals surface area contributed by atoms with Gasteiger partial charge in [0, 0.05) is 0 Å². The summed E-state index contributed by atoms with van der Waals surface area (Å²) >= 11 is 0. The minimum Gasteiger partial charge on any atom is -0.393 e. The van der Waals surface area contributed by atoms with Crippen LogP contribution >= 0.6 is 54.0 Å². The first-order valence-electron chi connectivity index (χ1n) is 19.2. The molecule has 0 spiro atoms. The summed E-state index contributed by atoms with van der Waals surface area (Å²) in [6.07, 6.45) is 14.1. The summed E-state index contributed by atoms with van der Waals surface area (Å²) in [5, 5.41) is 38.8. The van der Waals surface area contributed by atoms with Crippen molar-refractivity contribution in [1.29, 1.82) is 0 Å². The Hall–Kier alpha value is 1.24. The Kier molecular flexibility index (Phi) is 72.3. The first-order valence-corrected chi connectivity index (χ1v) is 19.2. The Morgan fingerprint density at radius 3 is 0.500 bits per heavy atom. The molecule has 0 radical (unpaired) electrons. The lowest BCUT2D eigenvalue weighted by Gasteiger charge is -2.33. The van der Waals surface area contributed by atoms with E-state index in [4.69, 9.17) is 0 Å². The Morgan fingerprint density at radius 2 is 0.411 bits per heavy atom. The van der Waals surface area contributed by atoms with E-state index in [0.29, 0.717) is 47.3 Å². The van der Waals surface area contributed by atoms with E-state index in [1.807, 2.05) is 0 Å². The van der Waals surface area contributed by atoms with Gasteiger partial charge in [-0.15, -0.1) is 0 Å². The van der Waals surface area contributed by atoms with Gasteiger partial charge < -0.3 is 20.4 Å². The lowest BCUT2D eigenvalue weighted by molar-refractivity contribution is 0.0263. The van der Waals surface area contributed by atoms with Crippen LogP contribution in [0.1, 0.15) is 220 Å². The Morgan fingerprint density at radius 1 is 0.286 bits per heavy atom. The molecule has 360 valence electrons. The van der Waals surface area contributed by atoms with Gasteiger partial charge in [-0.2, -0.15) is 54.0 Å². The summed E-state index contributed by atoms with van der Waals surface area (Å²) in [5.74, 6) is 7.79. The van der Waals surface area contributed by atoms with Gasteiger partial charge in [0.15, 0.2) is 0 Å². The van der Waals surface area contributed by atoms with E-state index in [2.05, 4.69) is 83.1 Å². The topological polar surface area (TPSA) is 80.9 Å². The molecule has 8 heteroatoms. The molecule has 4 fully saturated rings. The van der Waals surface area contributed by atoms with Gasteiger partial charge in [-0.05, 0) is 122 Å². The highest BCUT2D eigenvalue weighted by molar-refractivity contribution is 7.59. The van der Waals surface area contributed by atoms with Crippen LogP contribution in [0.25, 0.3) is 0 Å². The van der Waals surface area contributed by atoms with E-state index in [0.717, 1.165) is 49.4 Å². The van der Waals surface area contributed by atoms with Gasteiger partial charge in [0.2, 0.25) is 0 Å². The molecule has 0 bridgehead atoms. The zero-order chi connectivity index (χ0) is 33.7. The maximum absolute atomic E-state index is 9.71. The predicted molar refractivity (Wildman–Crippen MR) is 285 cm³/mol. The second-order valence-corrected chi connectivity index (χ2v) is 17.6. The molecule has 4 N–H and O–H groups in total. The van der Waals surface area contributed by atoms with Crippen LogP contribution in [0, 0.1) is 71.0 Å². The normalized spacial score (nSPS) is 31.1. The summed E-state index contributed by atoms with van der Waals surface area (Å²) in [4.78, 5) is 0. The van der Waals surface area contributed by atoms with Gasteiger partial charge in [-0.25, -0.2) is 0 Å². The fraction of sp³-hybridized carbons (Fsp3) is 1.00. The van der Waals surface area contributed by atoms with Gasteiger partial charge in [-0.1, -0.05) is 168 Å². The van der Waals surface area contributed by atoms with Crippen LogP contribution in [-0.2, 0) is 0 Å². The predicted octanol–water partition coefficient (Wildman–Crippen LogP) is 15.3. The zero-order valence-electron chi connectivity index (χ0n) is 33.5. The molecule has 4 saturated carbocycles. The van der Waals surface area contributed by atoms with Crippen molar-refractivity contribution in [3.63, 3.8) is 0 Å². The third kappa shape index (κ3) is 33.9. The summed E-state index contributed by atoms with van der Waals surface area (Å²) in [6.45, 7) is 26.6. The molecule has 4 rings (SSSR count). The van der Waals surface area contributed by atoms with Gasteiger partial charge in [0.1, 0.15) is 0 Å². The molecular weight excluding hydrogens is 769 g/mol. The van der Waals surface area contributed by atoms with Gasteiger partial charge in [0.05, 0.1) is 24.4 Å². The molecule has 0 saturated heterocycles. The average molecular weight is 890 g/mol.